The van der Waals surface area contributed by atoms with E-state index in [0.717, 1.165) is 38.1 Å². The molecule has 0 spiro atoms. The van der Waals surface area contributed by atoms with Gasteiger partial charge in [-0.2, -0.15) is 0 Å². The van der Waals surface area contributed by atoms with Gasteiger partial charge in [0, 0.05) is 0 Å². The summed E-state index contributed by atoms with van der Waals surface area (Å²) < 4.78 is 10.9. The molecule has 2 aliphatic rings. The van der Waals surface area contributed by atoms with Gasteiger partial charge in [-0.25, -0.2) is 0 Å². The monoisotopic (exact) mass is 228 g/mol. The maximum Gasteiger partial charge on any atom is 0.196 e. The molecule has 0 radical (unpaired) electrons. The average molecular weight is 228 g/mol. The highest BCUT2D eigenvalue weighted by atomic mass is 32.2. The molecule has 2 unspecified atom stereocenters. The molecule has 2 rings (SSSR count). The molecule has 0 aromatic carbocycles. The maximum atomic E-state index is 5.43. The summed E-state index contributed by atoms with van der Waals surface area (Å²) >= 11 is 1.78. The van der Waals surface area contributed by atoms with E-state index in [1.807, 2.05) is 0 Å². The van der Waals surface area contributed by atoms with Crippen LogP contribution in [0.15, 0.2) is 9.98 Å². The van der Waals surface area contributed by atoms with Gasteiger partial charge in [0.25, 0.3) is 0 Å². The van der Waals surface area contributed by atoms with E-state index in [2.05, 4.69) is 23.8 Å². The van der Waals surface area contributed by atoms with Crippen molar-refractivity contribution in [2.45, 2.75) is 24.3 Å². The third kappa shape index (κ3) is 2.65. The van der Waals surface area contributed by atoms with Gasteiger partial charge < -0.3 is 9.47 Å². The molecule has 5 heteroatoms. The Kier molecular flexibility index (Phi) is 3.51. The molecule has 0 aromatic rings. The fraction of sp³-hybridized carbons (Fsp3) is 0.800. The van der Waals surface area contributed by atoms with Gasteiger partial charge in [0.2, 0.25) is 0 Å². The van der Waals surface area contributed by atoms with Crippen LogP contribution in [0.2, 0.25) is 0 Å². The third-order valence-corrected chi connectivity index (χ3v) is 3.54. The second-order valence-electron chi connectivity index (χ2n) is 3.56. The quantitative estimate of drug-likeness (QED) is 0.729. The molecule has 0 fully saturated rings. The molecule has 0 saturated carbocycles. The van der Waals surface area contributed by atoms with Crippen molar-refractivity contribution in [1.29, 1.82) is 0 Å². The van der Waals surface area contributed by atoms with Crippen LogP contribution in [-0.4, -0.2) is 48.6 Å². The Morgan fingerprint density at radius 3 is 1.80 bits per heavy atom. The van der Waals surface area contributed by atoms with Crippen molar-refractivity contribution in [3.63, 3.8) is 0 Å². The van der Waals surface area contributed by atoms with Gasteiger partial charge in [0.05, 0.1) is 23.6 Å². The molecule has 0 saturated heterocycles. The van der Waals surface area contributed by atoms with Gasteiger partial charge in [-0.15, -0.1) is 11.8 Å². The van der Waals surface area contributed by atoms with E-state index < -0.39 is 0 Å². The van der Waals surface area contributed by atoms with E-state index in [0.29, 0.717) is 0 Å². The Morgan fingerprint density at radius 1 is 1.00 bits per heavy atom. The number of hydrogen-bond acceptors (Lipinski definition) is 5. The van der Waals surface area contributed by atoms with Gasteiger partial charge in [-0.3, -0.25) is 9.98 Å². The van der Waals surface area contributed by atoms with Crippen molar-refractivity contribution in [2.24, 2.45) is 9.98 Å². The summed E-state index contributed by atoms with van der Waals surface area (Å²) in [4.78, 5) is 8.62. The first-order valence-corrected chi connectivity index (χ1v) is 6.21. The van der Waals surface area contributed by atoms with E-state index in [4.69, 9.17) is 9.47 Å². The van der Waals surface area contributed by atoms with E-state index in [9.17, 15) is 0 Å². The fourth-order valence-corrected chi connectivity index (χ4v) is 2.75. The highest BCUT2D eigenvalue weighted by Gasteiger charge is 2.23. The number of hydrogen-bond donors (Lipinski definition) is 0. The molecule has 0 bridgehead atoms. The van der Waals surface area contributed by atoms with Crippen LogP contribution in [-0.2, 0) is 9.47 Å². The van der Waals surface area contributed by atoms with Crippen molar-refractivity contribution in [3.05, 3.63) is 0 Å². The van der Waals surface area contributed by atoms with Crippen LogP contribution in [0.4, 0.5) is 0 Å². The van der Waals surface area contributed by atoms with Crippen LogP contribution in [0.3, 0.4) is 0 Å². The Bertz CT molecular complexity index is 263. The molecule has 2 atom stereocenters. The van der Waals surface area contributed by atoms with E-state index in [1.165, 1.54) is 0 Å². The predicted octanol–water partition coefficient (Wildman–Crippen LogP) is 1.35. The Morgan fingerprint density at radius 2 is 1.47 bits per heavy atom. The zero-order valence-electron chi connectivity index (χ0n) is 9.10. The topological polar surface area (TPSA) is 43.2 Å². The van der Waals surface area contributed by atoms with Crippen molar-refractivity contribution < 1.29 is 9.47 Å². The predicted molar refractivity (Wildman–Crippen MR) is 63.0 cm³/mol. The minimum absolute atomic E-state index is 0.286. The van der Waals surface area contributed by atoms with Crippen LogP contribution < -0.4 is 0 Å². The molecule has 0 amide bonds. The summed E-state index contributed by atoms with van der Waals surface area (Å²) in [6.07, 6.45) is 0. The summed E-state index contributed by atoms with van der Waals surface area (Å²) in [6.45, 7) is 7.28. The van der Waals surface area contributed by atoms with Gasteiger partial charge in [-0.05, 0) is 13.8 Å². The van der Waals surface area contributed by atoms with Crippen LogP contribution in [0.1, 0.15) is 13.8 Å². The molecule has 15 heavy (non-hydrogen) atoms. The van der Waals surface area contributed by atoms with Crippen molar-refractivity contribution >= 4 is 23.6 Å². The number of rotatable bonds is 4. The van der Waals surface area contributed by atoms with Crippen molar-refractivity contribution in [1.82, 2.24) is 0 Å². The summed E-state index contributed by atoms with van der Waals surface area (Å²) in [7, 11) is 0. The molecule has 0 N–H and O–H groups in total. The largest absolute Gasteiger partial charge is 0.478 e. The lowest BCUT2D eigenvalue weighted by Crippen LogP contribution is -2.22. The highest BCUT2D eigenvalue weighted by Crippen LogP contribution is 2.23. The summed E-state index contributed by atoms with van der Waals surface area (Å²) in [5, 5.41) is 0.573. The van der Waals surface area contributed by atoms with Crippen LogP contribution in [0, 0.1) is 0 Å². The molecular weight excluding hydrogens is 212 g/mol. The number of thioether (sulfide) groups is 1. The second-order valence-corrected chi connectivity index (χ2v) is 5.24. The number of nitrogens with zero attached hydrogens (tertiary/aromatic N) is 2. The van der Waals surface area contributed by atoms with E-state index in [1.54, 1.807) is 11.8 Å². The Balaban J connectivity index is 1.85. The molecule has 84 valence electrons. The average Bonchev–Trinajstić information content (AvgIpc) is 2.91. The zero-order valence-corrected chi connectivity index (χ0v) is 9.92. The lowest BCUT2D eigenvalue weighted by atomic mass is 10.5. The fourth-order valence-electron chi connectivity index (χ4n) is 1.62. The normalized spacial score (nSPS) is 23.9. The summed E-state index contributed by atoms with van der Waals surface area (Å²) in [6, 6.07) is 0. The lowest BCUT2D eigenvalue weighted by Gasteiger charge is -2.16. The summed E-state index contributed by atoms with van der Waals surface area (Å²) in [5.41, 5.74) is 0. The second kappa shape index (κ2) is 4.88. The Labute approximate surface area is 94.2 Å². The smallest absolute Gasteiger partial charge is 0.196 e. The maximum absolute atomic E-state index is 5.43. The Hall–Kier alpha value is -0.710. The first-order valence-electron chi connectivity index (χ1n) is 5.27. The molecule has 4 nitrogen and oxygen atoms in total. The van der Waals surface area contributed by atoms with Crippen LogP contribution in [0.25, 0.3) is 0 Å². The van der Waals surface area contributed by atoms with E-state index in [-0.39, 0.29) is 10.5 Å². The number of aliphatic imine (C=N–C) groups is 2. The minimum Gasteiger partial charge on any atom is -0.478 e. The molecule has 0 aromatic heterocycles. The van der Waals surface area contributed by atoms with Gasteiger partial charge in [-0.1, -0.05) is 0 Å². The highest BCUT2D eigenvalue weighted by molar-refractivity contribution is 8.01. The minimum atomic E-state index is 0.286. The summed E-state index contributed by atoms with van der Waals surface area (Å²) in [5.74, 6) is 1.73. The lowest BCUT2D eigenvalue weighted by molar-refractivity contribution is 0.339. The third-order valence-electron chi connectivity index (χ3n) is 2.32. The number of ether oxygens (including phenoxy) is 2. The van der Waals surface area contributed by atoms with Crippen molar-refractivity contribution in [3.8, 4) is 0 Å². The SMILES string of the molecule is CC(SC(C)C1=NCCO1)C1=NCCO1. The van der Waals surface area contributed by atoms with Crippen molar-refractivity contribution in [2.75, 3.05) is 26.3 Å². The van der Waals surface area contributed by atoms with Gasteiger partial charge in [0.1, 0.15) is 13.2 Å². The van der Waals surface area contributed by atoms with Gasteiger partial charge >= 0.3 is 0 Å². The molecule has 0 aliphatic carbocycles. The molecule has 2 heterocycles. The zero-order chi connectivity index (χ0) is 10.7. The van der Waals surface area contributed by atoms with Crippen LogP contribution in [0.5, 0.6) is 0 Å². The molecular formula is C10H16N2O2S. The van der Waals surface area contributed by atoms with Crippen LogP contribution >= 0.6 is 11.8 Å². The van der Waals surface area contributed by atoms with Gasteiger partial charge in [0.15, 0.2) is 11.8 Å². The standard InChI is InChI=1S/C10H16N2O2S/c1-7(9-11-3-5-13-9)15-8(2)10-12-4-6-14-10/h7-8H,3-6H2,1-2H3. The first kappa shape index (κ1) is 10.8. The molecule has 2 aliphatic heterocycles. The first-order chi connectivity index (χ1) is 7.27. The van der Waals surface area contributed by atoms with E-state index >= 15 is 0 Å².